The number of carbonyl (C=O) groups is 1. The van der Waals surface area contributed by atoms with E-state index in [1.54, 1.807) is 6.07 Å². The summed E-state index contributed by atoms with van der Waals surface area (Å²) in [6.45, 7) is 1.94. The second kappa shape index (κ2) is 8.27. The van der Waals surface area contributed by atoms with Crippen molar-refractivity contribution in [3.05, 3.63) is 35.7 Å². The number of aromatic nitrogens is 3. The van der Waals surface area contributed by atoms with Gasteiger partial charge in [-0.1, -0.05) is 6.92 Å². The topological polar surface area (TPSA) is 74.2 Å². The molecule has 0 spiro atoms. The minimum absolute atomic E-state index is 0.0319. The van der Waals surface area contributed by atoms with Gasteiger partial charge in [-0.05, 0) is 37.8 Å². The van der Waals surface area contributed by atoms with E-state index in [-0.39, 0.29) is 29.0 Å². The lowest BCUT2D eigenvalue weighted by Gasteiger charge is -2.39. The van der Waals surface area contributed by atoms with Crippen LogP contribution >= 0.6 is 0 Å². The number of piperidine rings is 1. The highest BCUT2D eigenvalue weighted by Gasteiger charge is 2.48. The summed E-state index contributed by atoms with van der Waals surface area (Å²) in [4.78, 5) is 28.3. The number of anilines is 3. The summed E-state index contributed by atoms with van der Waals surface area (Å²) >= 11 is 0. The van der Waals surface area contributed by atoms with Crippen molar-refractivity contribution in [2.24, 2.45) is 5.41 Å². The Morgan fingerprint density at radius 3 is 2.43 bits per heavy atom. The molecule has 12 heteroatoms. The van der Waals surface area contributed by atoms with E-state index in [2.05, 4.69) is 20.3 Å². The van der Waals surface area contributed by atoms with Crippen molar-refractivity contribution >= 4 is 23.5 Å². The van der Waals surface area contributed by atoms with Crippen molar-refractivity contribution in [1.29, 1.82) is 0 Å². The average molecular weight is 496 g/mol. The van der Waals surface area contributed by atoms with Crippen molar-refractivity contribution in [3.63, 3.8) is 0 Å². The van der Waals surface area contributed by atoms with Crippen LogP contribution in [0.1, 0.15) is 49.8 Å². The van der Waals surface area contributed by atoms with Gasteiger partial charge < -0.3 is 15.1 Å². The third kappa shape index (κ3) is 4.87. The maximum atomic E-state index is 13.5. The molecule has 0 bridgehead atoms. The zero-order chi connectivity index (χ0) is 25.0. The molecule has 1 saturated carbocycles. The summed E-state index contributed by atoms with van der Waals surface area (Å²) in [7, 11) is 0. The molecule has 2 saturated heterocycles. The molecule has 7 nitrogen and oxygen atoms in total. The Labute approximate surface area is 198 Å². The van der Waals surface area contributed by atoms with Crippen LogP contribution in [0.5, 0.6) is 0 Å². The standard InChI is InChI=1S/C23H25F5N6O/c1-21(6-7-21)19(35)33-9-4-14(5-10-33)16-11-17(32-20(30-16)34-12-22(24,25)13-34)31-18-15(23(26,27)28)3-2-8-29-18/h2-3,8,11,14H,4-7,9-10,12-13H2,1H3,(H,29,30,31,32). The highest BCUT2D eigenvalue weighted by Crippen LogP contribution is 2.47. The van der Waals surface area contributed by atoms with Gasteiger partial charge in [0.25, 0.3) is 5.92 Å². The number of likely N-dealkylation sites (tertiary alicyclic amines) is 1. The number of alkyl halides is 5. The fourth-order valence-electron chi connectivity index (χ4n) is 4.54. The highest BCUT2D eigenvalue weighted by atomic mass is 19.4. The smallest absolute Gasteiger partial charge is 0.342 e. The largest absolute Gasteiger partial charge is 0.419 e. The molecular weight excluding hydrogens is 471 g/mol. The Morgan fingerprint density at radius 2 is 1.83 bits per heavy atom. The molecule has 5 rings (SSSR count). The Hall–Kier alpha value is -3.05. The predicted molar refractivity (Wildman–Crippen MR) is 118 cm³/mol. The summed E-state index contributed by atoms with van der Waals surface area (Å²) in [5.74, 6) is -3.14. The van der Waals surface area contributed by atoms with Gasteiger partial charge in [-0.2, -0.15) is 18.2 Å². The van der Waals surface area contributed by atoms with Crippen LogP contribution in [0, 0.1) is 5.41 Å². The quantitative estimate of drug-likeness (QED) is 0.611. The van der Waals surface area contributed by atoms with Crippen molar-refractivity contribution in [1.82, 2.24) is 19.9 Å². The zero-order valence-corrected chi connectivity index (χ0v) is 19.1. The van der Waals surface area contributed by atoms with Crippen molar-refractivity contribution in [2.45, 2.75) is 50.6 Å². The van der Waals surface area contributed by atoms with E-state index in [1.807, 2.05) is 11.8 Å². The average Bonchev–Trinajstić information content (AvgIpc) is 3.55. The van der Waals surface area contributed by atoms with E-state index in [1.165, 1.54) is 17.2 Å². The monoisotopic (exact) mass is 496 g/mol. The second-order valence-corrected chi connectivity index (χ2v) is 9.84. The molecule has 1 amide bonds. The summed E-state index contributed by atoms with van der Waals surface area (Å²) in [6, 6.07) is 3.63. The maximum Gasteiger partial charge on any atom is 0.419 e. The summed E-state index contributed by atoms with van der Waals surface area (Å²) in [5, 5.41) is 2.62. The normalized spacial score (nSPS) is 21.4. The maximum absolute atomic E-state index is 13.5. The molecule has 2 aromatic heterocycles. The van der Waals surface area contributed by atoms with Crippen molar-refractivity contribution in [2.75, 3.05) is 36.4 Å². The SMILES string of the molecule is CC1(C(=O)N2CCC(c3cc(Nc4ncccc4C(F)(F)F)nc(N4CC(F)(F)C4)n3)CC2)CC1. The molecule has 1 aliphatic carbocycles. The van der Waals surface area contributed by atoms with Crippen LogP contribution in [0.3, 0.4) is 0 Å². The third-order valence-corrected chi connectivity index (χ3v) is 6.94. The number of rotatable bonds is 5. The van der Waals surface area contributed by atoms with Gasteiger partial charge in [-0.3, -0.25) is 4.79 Å². The van der Waals surface area contributed by atoms with Crippen LogP contribution < -0.4 is 10.2 Å². The summed E-state index contributed by atoms with van der Waals surface area (Å²) in [5.41, 5.74) is -0.673. The van der Waals surface area contributed by atoms with E-state index in [0.29, 0.717) is 31.6 Å². The molecular formula is C23H25F5N6O. The number of pyridine rings is 1. The Kier molecular flexibility index (Phi) is 5.59. The van der Waals surface area contributed by atoms with Gasteiger partial charge >= 0.3 is 6.18 Å². The van der Waals surface area contributed by atoms with Crippen LogP contribution in [0.15, 0.2) is 24.4 Å². The van der Waals surface area contributed by atoms with Gasteiger partial charge in [0.15, 0.2) is 0 Å². The number of amides is 1. The lowest BCUT2D eigenvalue weighted by molar-refractivity contribution is -0.138. The van der Waals surface area contributed by atoms with Gasteiger partial charge in [0, 0.05) is 36.7 Å². The number of hydrogen-bond donors (Lipinski definition) is 1. The van der Waals surface area contributed by atoms with Crippen LogP contribution in [-0.4, -0.2) is 57.9 Å². The van der Waals surface area contributed by atoms with Crippen LogP contribution in [0.4, 0.5) is 39.5 Å². The number of hydrogen-bond acceptors (Lipinski definition) is 6. The summed E-state index contributed by atoms with van der Waals surface area (Å²) in [6.07, 6.45) is -0.388. The molecule has 3 fully saturated rings. The van der Waals surface area contributed by atoms with Gasteiger partial charge in [-0.25, -0.2) is 18.7 Å². The van der Waals surface area contributed by atoms with Gasteiger partial charge in [-0.15, -0.1) is 0 Å². The molecule has 0 atom stereocenters. The first-order valence-electron chi connectivity index (χ1n) is 11.5. The van der Waals surface area contributed by atoms with Gasteiger partial charge in [0.05, 0.1) is 24.3 Å². The summed E-state index contributed by atoms with van der Waals surface area (Å²) < 4.78 is 67.3. The van der Waals surface area contributed by atoms with Crippen LogP contribution in [-0.2, 0) is 11.0 Å². The minimum Gasteiger partial charge on any atom is -0.342 e. The molecule has 3 aliphatic rings. The fourth-order valence-corrected chi connectivity index (χ4v) is 4.54. The van der Waals surface area contributed by atoms with E-state index in [4.69, 9.17) is 0 Å². The number of nitrogens with one attached hydrogen (secondary N) is 1. The van der Waals surface area contributed by atoms with Crippen molar-refractivity contribution in [3.8, 4) is 0 Å². The van der Waals surface area contributed by atoms with Gasteiger partial charge in [0.1, 0.15) is 11.6 Å². The molecule has 2 aliphatic heterocycles. The minimum atomic E-state index is -4.63. The second-order valence-electron chi connectivity index (χ2n) is 9.84. The van der Waals surface area contributed by atoms with E-state index in [0.717, 1.165) is 18.9 Å². The number of nitrogens with zero attached hydrogens (tertiary/aromatic N) is 5. The Bertz CT molecular complexity index is 1120. The fraction of sp³-hybridized carbons (Fsp3) is 0.565. The lowest BCUT2D eigenvalue weighted by Crippen LogP contribution is -2.57. The molecule has 0 unspecified atom stereocenters. The van der Waals surface area contributed by atoms with E-state index >= 15 is 0 Å². The van der Waals surface area contributed by atoms with Crippen LogP contribution in [0.2, 0.25) is 0 Å². The van der Waals surface area contributed by atoms with E-state index < -0.39 is 36.6 Å². The molecule has 188 valence electrons. The molecule has 1 N–H and O–H groups in total. The molecule has 2 aromatic rings. The Balaban J connectivity index is 1.39. The Morgan fingerprint density at radius 1 is 1.14 bits per heavy atom. The van der Waals surface area contributed by atoms with Crippen LogP contribution in [0.25, 0.3) is 0 Å². The zero-order valence-electron chi connectivity index (χ0n) is 19.1. The lowest BCUT2D eigenvalue weighted by atomic mass is 9.92. The molecule has 4 heterocycles. The first-order valence-corrected chi connectivity index (χ1v) is 11.5. The molecule has 35 heavy (non-hydrogen) atoms. The molecule has 0 radical (unpaired) electrons. The van der Waals surface area contributed by atoms with E-state index in [9.17, 15) is 26.7 Å². The highest BCUT2D eigenvalue weighted by molar-refractivity contribution is 5.85. The first-order chi connectivity index (χ1) is 16.4. The number of halogens is 5. The van der Waals surface area contributed by atoms with Gasteiger partial charge in [0.2, 0.25) is 11.9 Å². The predicted octanol–water partition coefficient (Wildman–Crippen LogP) is 4.60. The van der Waals surface area contributed by atoms with Crippen molar-refractivity contribution < 1.29 is 26.7 Å². The molecule has 0 aromatic carbocycles. The third-order valence-electron chi connectivity index (χ3n) is 6.94. The number of carbonyl (C=O) groups excluding carboxylic acids is 1. The first kappa shape index (κ1) is 23.7.